The number of urea groups is 1. The van der Waals surface area contributed by atoms with E-state index in [1.165, 1.54) is 5.56 Å². The van der Waals surface area contributed by atoms with E-state index in [1.54, 1.807) is 4.90 Å². The lowest BCUT2D eigenvalue weighted by Crippen LogP contribution is -2.52. The number of benzene rings is 1. The molecule has 2 aliphatic heterocycles. The molecule has 2 aliphatic rings. The van der Waals surface area contributed by atoms with Gasteiger partial charge >= 0.3 is 6.03 Å². The maximum atomic E-state index is 12.3. The number of likely N-dealkylation sites (tertiary alicyclic amines) is 2. The van der Waals surface area contributed by atoms with Gasteiger partial charge in [-0.2, -0.15) is 0 Å². The first kappa shape index (κ1) is 16.3. The van der Waals surface area contributed by atoms with Gasteiger partial charge in [-0.05, 0) is 31.2 Å². The van der Waals surface area contributed by atoms with Gasteiger partial charge in [0.05, 0.1) is 6.10 Å². The molecule has 23 heavy (non-hydrogen) atoms. The van der Waals surface area contributed by atoms with E-state index in [4.69, 9.17) is 0 Å². The maximum absolute atomic E-state index is 12.3. The summed E-state index contributed by atoms with van der Waals surface area (Å²) in [4.78, 5) is 16.5. The minimum absolute atomic E-state index is 0.00902. The molecule has 5 nitrogen and oxygen atoms in total. The smallest absolute Gasteiger partial charge is 0.317 e. The molecule has 1 aromatic carbocycles. The number of rotatable bonds is 3. The molecule has 0 bridgehead atoms. The number of aliphatic hydroxyl groups is 1. The molecule has 2 fully saturated rings. The Hall–Kier alpha value is -1.59. The number of hydrogen-bond donors (Lipinski definition) is 2. The van der Waals surface area contributed by atoms with E-state index in [-0.39, 0.29) is 18.2 Å². The third-order valence-corrected chi connectivity index (χ3v) is 4.85. The van der Waals surface area contributed by atoms with Gasteiger partial charge in [0.15, 0.2) is 0 Å². The van der Waals surface area contributed by atoms with Crippen LogP contribution in [-0.4, -0.2) is 59.3 Å². The second-order valence-corrected chi connectivity index (χ2v) is 6.73. The predicted octanol–water partition coefficient (Wildman–Crippen LogP) is 1.82. The van der Waals surface area contributed by atoms with Crippen molar-refractivity contribution in [2.45, 2.75) is 44.4 Å². The van der Waals surface area contributed by atoms with Crippen molar-refractivity contribution in [1.82, 2.24) is 15.1 Å². The summed E-state index contributed by atoms with van der Waals surface area (Å²) in [5.41, 5.74) is 1.34. The Bertz CT molecular complexity index is 500. The normalized spacial score (nSPS) is 23.7. The number of amides is 2. The van der Waals surface area contributed by atoms with Crippen LogP contribution in [0.25, 0.3) is 0 Å². The maximum Gasteiger partial charge on any atom is 0.317 e. The molecule has 0 spiro atoms. The summed E-state index contributed by atoms with van der Waals surface area (Å²) in [6.45, 7) is 4.25. The van der Waals surface area contributed by atoms with E-state index in [2.05, 4.69) is 34.5 Å². The van der Waals surface area contributed by atoms with Crippen molar-refractivity contribution in [2.75, 3.05) is 26.2 Å². The lowest BCUT2D eigenvalue weighted by atomic mass is 10.0. The second-order valence-electron chi connectivity index (χ2n) is 6.73. The second kappa shape index (κ2) is 7.79. The fourth-order valence-electron chi connectivity index (χ4n) is 3.48. The Labute approximate surface area is 138 Å². The third-order valence-electron chi connectivity index (χ3n) is 4.85. The number of aliphatic hydroxyl groups excluding tert-OH is 1. The standard InChI is InChI=1S/C18H27N3O2/c22-17-7-4-10-21(14-17)18(23)19-16-8-11-20(12-9-16)13-15-5-2-1-3-6-15/h1-3,5-6,16-17,22H,4,7-14H2,(H,19,23). The molecule has 126 valence electrons. The lowest BCUT2D eigenvalue weighted by Gasteiger charge is -2.35. The van der Waals surface area contributed by atoms with Crippen LogP contribution in [0.1, 0.15) is 31.2 Å². The quantitative estimate of drug-likeness (QED) is 0.894. The highest BCUT2D eigenvalue weighted by Gasteiger charge is 2.25. The van der Waals surface area contributed by atoms with Crippen LogP contribution in [0.2, 0.25) is 0 Å². The Morgan fingerprint density at radius 2 is 1.87 bits per heavy atom. The molecule has 1 atom stereocenters. The van der Waals surface area contributed by atoms with Crippen LogP contribution >= 0.6 is 0 Å². The van der Waals surface area contributed by atoms with E-state index in [9.17, 15) is 9.90 Å². The van der Waals surface area contributed by atoms with E-state index >= 15 is 0 Å². The first-order valence-electron chi connectivity index (χ1n) is 8.70. The summed E-state index contributed by atoms with van der Waals surface area (Å²) in [5.74, 6) is 0. The Balaban J connectivity index is 1.41. The number of carbonyl (C=O) groups excluding carboxylic acids is 1. The zero-order valence-corrected chi connectivity index (χ0v) is 13.7. The molecule has 0 radical (unpaired) electrons. The molecule has 0 saturated carbocycles. The summed E-state index contributed by atoms with van der Waals surface area (Å²) in [5, 5.41) is 12.8. The number of nitrogens with one attached hydrogen (secondary N) is 1. The van der Waals surface area contributed by atoms with Gasteiger partial charge in [-0.3, -0.25) is 4.90 Å². The summed E-state index contributed by atoms with van der Waals surface area (Å²) >= 11 is 0. The molecular weight excluding hydrogens is 290 g/mol. The van der Waals surface area contributed by atoms with E-state index in [1.807, 2.05) is 6.07 Å². The zero-order chi connectivity index (χ0) is 16.1. The van der Waals surface area contributed by atoms with Crippen LogP contribution in [0.4, 0.5) is 4.79 Å². The average molecular weight is 317 g/mol. The topological polar surface area (TPSA) is 55.8 Å². The van der Waals surface area contributed by atoms with Gasteiger partial charge < -0.3 is 15.3 Å². The number of hydrogen-bond acceptors (Lipinski definition) is 3. The Morgan fingerprint density at radius 1 is 1.13 bits per heavy atom. The Kier molecular flexibility index (Phi) is 5.51. The minimum atomic E-state index is -0.359. The highest BCUT2D eigenvalue weighted by Crippen LogP contribution is 2.15. The fourth-order valence-corrected chi connectivity index (χ4v) is 3.48. The van der Waals surface area contributed by atoms with Gasteiger partial charge in [0.2, 0.25) is 0 Å². The van der Waals surface area contributed by atoms with Gasteiger partial charge in [0, 0.05) is 38.8 Å². The molecule has 0 aliphatic carbocycles. The largest absolute Gasteiger partial charge is 0.391 e. The van der Waals surface area contributed by atoms with Crippen LogP contribution in [0.3, 0.4) is 0 Å². The lowest BCUT2D eigenvalue weighted by molar-refractivity contribution is 0.0817. The van der Waals surface area contributed by atoms with Crippen LogP contribution < -0.4 is 5.32 Å². The highest BCUT2D eigenvalue weighted by atomic mass is 16.3. The third kappa shape index (κ3) is 4.69. The Morgan fingerprint density at radius 3 is 2.57 bits per heavy atom. The van der Waals surface area contributed by atoms with Crippen LogP contribution in [0.15, 0.2) is 30.3 Å². The first-order chi connectivity index (χ1) is 11.2. The van der Waals surface area contributed by atoms with E-state index in [0.717, 1.165) is 51.9 Å². The van der Waals surface area contributed by atoms with Crippen LogP contribution in [0, 0.1) is 0 Å². The number of carbonyl (C=O) groups is 1. The van der Waals surface area contributed by atoms with E-state index in [0.29, 0.717) is 6.54 Å². The summed E-state index contributed by atoms with van der Waals surface area (Å²) in [7, 11) is 0. The molecule has 1 aromatic rings. The van der Waals surface area contributed by atoms with Gasteiger partial charge in [-0.1, -0.05) is 30.3 Å². The van der Waals surface area contributed by atoms with Crippen molar-refractivity contribution < 1.29 is 9.90 Å². The molecule has 2 N–H and O–H groups in total. The van der Waals surface area contributed by atoms with Gasteiger partial charge in [-0.25, -0.2) is 4.79 Å². The molecule has 5 heteroatoms. The van der Waals surface area contributed by atoms with Crippen molar-refractivity contribution in [3.8, 4) is 0 Å². The molecule has 2 amide bonds. The first-order valence-corrected chi connectivity index (χ1v) is 8.70. The van der Waals surface area contributed by atoms with Gasteiger partial charge in [0.25, 0.3) is 0 Å². The predicted molar refractivity (Wildman–Crippen MR) is 90.1 cm³/mol. The number of nitrogens with zero attached hydrogens (tertiary/aromatic N) is 2. The SMILES string of the molecule is O=C(NC1CCN(Cc2ccccc2)CC1)N1CCCC(O)C1. The average Bonchev–Trinajstić information content (AvgIpc) is 2.57. The van der Waals surface area contributed by atoms with Crippen molar-refractivity contribution in [1.29, 1.82) is 0 Å². The minimum Gasteiger partial charge on any atom is -0.391 e. The molecular formula is C18H27N3O2. The summed E-state index contributed by atoms with van der Waals surface area (Å²) in [6.07, 6.45) is 3.33. The van der Waals surface area contributed by atoms with Gasteiger partial charge in [0.1, 0.15) is 0 Å². The number of piperidine rings is 2. The van der Waals surface area contributed by atoms with Crippen LogP contribution in [-0.2, 0) is 6.54 Å². The highest BCUT2D eigenvalue weighted by molar-refractivity contribution is 5.74. The van der Waals surface area contributed by atoms with Crippen LogP contribution in [0.5, 0.6) is 0 Å². The molecule has 2 heterocycles. The van der Waals surface area contributed by atoms with Gasteiger partial charge in [-0.15, -0.1) is 0 Å². The summed E-state index contributed by atoms with van der Waals surface area (Å²) < 4.78 is 0. The molecule has 1 unspecified atom stereocenters. The monoisotopic (exact) mass is 317 g/mol. The van der Waals surface area contributed by atoms with Crippen molar-refractivity contribution in [3.63, 3.8) is 0 Å². The molecule has 2 saturated heterocycles. The van der Waals surface area contributed by atoms with Crippen molar-refractivity contribution >= 4 is 6.03 Å². The van der Waals surface area contributed by atoms with E-state index < -0.39 is 0 Å². The fraction of sp³-hybridized carbons (Fsp3) is 0.611. The van der Waals surface area contributed by atoms with Crippen molar-refractivity contribution in [3.05, 3.63) is 35.9 Å². The number of β-amino-alcohol motifs (C(OH)–C–C–N with tert-alkyl or cyclic N) is 1. The molecule has 3 rings (SSSR count). The molecule has 0 aromatic heterocycles. The zero-order valence-electron chi connectivity index (χ0n) is 13.7. The summed E-state index contributed by atoms with van der Waals surface area (Å²) in [6, 6.07) is 10.8. The van der Waals surface area contributed by atoms with Crippen molar-refractivity contribution in [2.24, 2.45) is 0 Å².